The number of hydrogen-bond acceptors (Lipinski definition) is 7. The SMILES string of the molecule is CCCCCCCCCCCOCC(COP(=O)(O)OCCN)OC(=O)CCCC. The minimum Gasteiger partial charge on any atom is -0.457 e. The summed E-state index contributed by atoms with van der Waals surface area (Å²) in [5.41, 5.74) is 5.25. The molecule has 0 spiro atoms. The van der Waals surface area contributed by atoms with E-state index in [1.807, 2.05) is 6.92 Å². The van der Waals surface area contributed by atoms with Gasteiger partial charge in [-0.3, -0.25) is 13.8 Å². The maximum absolute atomic E-state index is 11.9. The van der Waals surface area contributed by atoms with Crippen molar-refractivity contribution in [3.05, 3.63) is 0 Å². The van der Waals surface area contributed by atoms with E-state index in [4.69, 9.17) is 24.3 Å². The Hall–Kier alpha value is -0.500. The van der Waals surface area contributed by atoms with Crippen LogP contribution in [0.1, 0.15) is 90.9 Å². The van der Waals surface area contributed by atoms with Gasteiger partial charge < -0.3 is 20.1 Å². The highest BCUT2D eigenvalue weighted by Crippen LogP contribution is 2.43. The summed E-state index contributed by atoms with van der Waals surface area (Å²) < 4.78 is 32.3. The first kappa shape index (κ1) is 29.5. The van der Waals surface area contributed by atoms with Crippen molar-refractivity contribution in [2.24, 2.45) is 5.73 Å². The van der Waals surface area contributed by atoms with Gasteiger partial charge >= 0.3 is 13.8 Å². The van der Waals surface area contributed by atoms with Crippen molar-refractivity contribution in [2.45, 2.75) is 97.0 Å². The summed E-state index contributed by atoms with van der Waals surface area (Å²) in [5, 5.41) is 0. The molecule has 3 N–H and O–H groups in total. The zero-order chi connectivity index (χ0) is 22.5. The molecule has 0 saturated heterocycles. The molecule has 8 nitrogen and oxygen atoms in total. The van der Waals surface area contributed by atoms with Gasteiger partial charge in [0.15, 0.2) is 0 Å². The molecule has 0 aliphatic rings. The van der Waals surface area contributed by atoms with Crippen LogP contribution in [0.5, 0.6) is 0 Å². The summed E-state index contributed by atoms with van der Waals surface area (Å²) in [4.78, 5) is 21.5. The lowest BCUT2D eigenvalue weighted by Crippen LogP contribution is -2.28. The van der Waals surface area contributed by atoms with Crippen LogP contribution in [-0.2, 0) is 27.9 Å². The standard InChI is InChI=1S/C21H44NO7P/c1-3-5-7-8-9-10-11-12-13-16-26-18-20(29-21(23)14-6-4-2)19-28-30(24,25)27-17-15-22/h20H,3-19,22H2,1-2H3,(H,24,25). The predicted molar refractivity (Wildman–Crippen MR) is 118 cm³/mol. The van der Waals surface area contributed by atoms with Crippen molar-refractivity contribution < 1.29 is 32.8 Å². The summed E-state index contributed by atoms with van der Waals surface area (Å²) in [5.74, 6) is -0.368. The molecule has 0 saturated carbocycles. The van der Waals surface area contributed by atoms with E-state index in [1.165, 1.54) is 44.9 Å². The van der Waals surface area contributed by atoms with E-state index in [0.717, 1.165) is 25.7 Å². The van der Waals surface area contributed by atoms with Crippen molar-refractivity contribution in [1.82, 2.24) is 0 Å². The zero-order valence-corrected chi connectivity index (χ0v) is 19.9. The fourth-order valence-electron chi connectivity index (χ4n) is 2.79. The molecule has 0 amide bonds. The lowest BCUT2D eigenvalue weighted by molar-refractivity contribution is -0.154. The van der Waals surface area contributed by atoms with Crippen LogP contribution in [0.15, 0.2) is 0 Å². The molecular weight excluding hydrogens is 409 g/mol. The lowest BCUT2D eigenvalue weighted by Gasteiger charge is -2.20. The third-order valence-electron chi connectivity index (χ3n) is 4.52. The maximum atomic E-state index is 11.9. The van der Waals surface area contributed by atoms with Gasteiger partial charge in [-0.05, 0) is 12.8 Å². The minimum atomic E-state index is -4.22. The van der Waals surface area contributed by atoms with E-state index in [1.54, 1.807) is 0 Å². The highest BCUT2D eigenvalue weighted by atomic mass is 31.2. The number of phosphoric ester groups is 1. The quantitative estimate of drug-likeness (QED) is 0.137. The highest BCUT2D eigenvalue weighted by molar-refractivity contribution is 7.47. The molecule has 2 unspecified atom stereocenters. The predicted octanol–water partition coefficient (Wildman–Crippen LogP) is 4.73. The summed E-state index contributed by atoms with van der Waals surface area (Å²) >= 11 is 0. The third kappa shape index (κ3) is 19.5. The largest absolute Gasteiger partial charge is 0.472 e. The molecule has 0 fully saturated rings. The molecule has 0 aromatic carbocycles. The minimum absolute atomic E-state index is 0.0934. The van der Waals surface area contributed by atoms with Crippen molar-refractivity contribution in [2.75, 3.05) is 33.0 Å². The van der Waals surface area contributed by atoms with Gasteiger partial charge in [-0.25, -0.2) is 4.57 Å². The van der Waals surface area contributed by atoms with E-state index in [2.05, 4.69) is 6.92 Å². The number of rotatable bonds is 22. The number of nitrogens with two attached hydrogens (primary N) is 1. The normalized spacial score (nSPS) is 14.4. The topological polar surface area (TPSA) is 117 Å². The fraction of sp³-hybridized carbons (Fsp3) is 0.952. The zero-order valence-electron chi connectivity index (χ0n) is 19.0. The van der Waals surface area contributed by atoms with Gasteiger partial charge in [0.2, 0.25) is 0 Å². The molecule has 0 bridgehead atoms. The molecular formula is C21H44NO7P. The van der Waals surface area contributed by atoms with E-state index >= 15 is 0 Å². The van der Waals surface area contributed by atoms with Crippen LogP contribution in [0.25, 0.3) is 0 Å². The molecule has 0 aliphatic carbocycles. The number of phosphoric acid groups is 1. The second-order valence-corrected chi connectivity index (χ2v) is 8.96. The Labute approximate surface area is 182 Å². The number of carbonyl (C=O) groups excluding carboxylic acids is 1. The van der Waals surface area contributed by atoms with Gasteiger partial charge in [-0.1, -0.05) is 71.6 Å². The Bertz CT molecular complexity index is 451. The molecule has 2 atom stereocenters. The molecule has 0 aliphatic heterocycles. The van der Waals surface area contributed by atoms with Gasteiger partial charge in [0.05, 0.1) is 19.8 Å². The van der Waals surface area contributed by atoms with Crippen LogP contribution in [0.3, 0.4) is 0 Å². The highest BCUT2D eigenvalue weighted by Gasteiger charge is 2.25. The maximum Gasteiger partial charge on any atom is 0.472 e. The average Bonchev–Trinajstić information content (AvgIpc) is 2.72. The molecule has 0 aromatic heterocycles. The Morgan fingerprint density at radius 1 is 0.867 bits per heavy atom. The van der Waals surface area contributed by atoms with E-state index < -0.39 is 13.9 Å². The van der Waals surface area contributed by atoms with Crippen LogP contribution in [0.4, 0.5) is 0 Å². The van der Waals surface area contributed by atoms with E-state index in [0.29, 0.717) is 13.0 Å². The number of carbonyl (C=O) groups is 1. The first-order chi connectivity index (χ1) is 14.4. The number of unbranched alkanes of at least 4 members (excludes halogenated alkanes) is 9. The summed E-state index contributed by atoms with van der Waals surface area (Å²) in [6.07, 6.45) is 12.2. The van der Waals surface area contributed by atoms with Crippen LogP contribution in [-0.4, -0.2) is 49.9 Å². The number of esters is 1. The monoisotopic (exact) mass is 453 g/mol. The van der Waals surface area contributed by atoms with Gasteiger partial charge in [0.25, 0.3) is 0 Å². The number of hydrogen-bond donors (Lipinski definition) is 2. The molecule has 9 heteroatoms. The van der Waals surface area contributed by atoms with Crippen molar-refractivity contribution in [3.8, 4) is 0 Å². The van der Waals surface area contributed by atoms with Gasteiger partial charge in [-0.15, -0.1) is 0 Å². The molecule has 0 radical (unpaired) electrons. The molecule has 0 aromatic rings. The van der Waals surface area contributed by atoms with Crippen molar-refractivity contribution in [3.63, 3.8) is 0 Å². The molecule has 0 heterocycles. The second kappa shape index (κ2) is 20.4. The van der Waals surface area contributed by atoms with Gasteiger partial charge in [-0.2, -0.15) is 0 Å². The molecule has 0 rings (SSSR count). The fourth-order valence-corrected chi connectivity index (χ4v) is 3.56. The summed E-state index contributed by atoms with van der Waals surface area (Å²) in [7, 11) is -4.22. The Balaban J connectivity index is 4.09. The molecule has 180 valence electrons. The lowest BCUT2D eigenvalue weighted by atomic mass is 10.1. The van der Waals surface area contributed by atoms with Crippen LogP contribution < -0.4 is 5.73 Å². The van der Waals surface area contributed by atoms with E-state index in [-0.39, 0.29) is 32.3 Å². The van der Waals surface area contributed by atoms with Crippen LogP contribution >= 0.6 is 7.82 Å². The third-order valence-corrected chi connectivity index (χ3v) is 5.51. The molecule has 30 heavy (non-hydrogen) atoms. The summed E-state index contributed by atoms with van der Waals surface area (Å²) in [6.45, 7) is 4.62. The number of ether oxygens (including phenoxy) is 2. The summed E-state index contributed by atoms with van der Waals surface area (Å²) in [6, 6.07) is 0. The van der Waals surface area contributed by atoms with Crippen LogP contribution in [0, 0.1) is 0 Å². The van der Waals surface area contributed by atoms with Gasteiger partial charge in [0.1, 0.15) is 6.10 Å². The van der Waals surface area contributed by atoms with Crippen molar-refractivity contribution >= 4 is 13.8 Å². The first-order valence-corrected chi connectivity index (χ1v) is 13.0. The van der Waals surface area contributed by atoms with Crippen molar-refractivity contribution in [1.29, 1.82) is 0 Å². The Kier molecular flexibility index (Phi) is 20.1. The van der Waals surface area contributed by atoms with Gasteiger partial charge in [0, 0.05) is 19.6 Å². The average molecular weight is 454 g/mol. The Morgan fingerprint density at radius 3 is 2.07 bits per heavy atom. The first-order valence-electron chi connectivity index (χ1n) is 11.5. The van der Waals surface area contributed by atoms with Crippen LogP contribution in [0.2, 0.25) is 0 Å². The Morgan fingerprint density at radius 2 is 1.47 bits per heavy atom. The smallest absolute Gasteiger partial charge is 0.457 e. The second-order valence-electron chi connectivity index (χ2n) is 7.50. The van der Waals surface area contributed by atoms with E-state index in [9.17, 15) is 14.3 Å².